The van der Waals surface area contributed by atoms with Gasteiger partial charge < -0.3 is 15.7 Å². The van der Waals surface area contributed by atoms with E-state index >= 15 is 0 Å². The van der Waals surface area contributed by atoms with Gasteiger partial charge in [-0.15, -0.1) is 0 Å². The molecule has 1 heterocycles. The third-order valence-electron chi connectivity index (χ3n) is 2.81. The molecule has 2 amide bonds. The van der Waals surface area contributed by atoms with Crippen LogP contribution in [0.4, 0.5) is 4.39 Å². The fourth-order valence-corrected chi connectivity index (χ4v) is 1.87. The zero-order valence-electron chi connectivity index (χ0n) is 9.57. The molecule has 1 fully saturated rings. The number of phenols is 1. The Labute approximate surface area is 103 Å². The van der Waals surface area contributed by atoms with E-state index < -0.39 is 17.5 Å². The molecule has 18 heavy (non-hydrogen) atoms. The molecule has 6 heteroatoms. The Morgan fingerprint density at radius 3 is 2.94 bits per heavy atom. The van der Waals surface area contributed by atoms with Gasteiger partial charge in [-0.2, -0.15) is 0 Å². The average Bonchev–Trinajstić information content (AvgIpc) is 2.72. The summed E-state index contributed by atoms with van der Waals surface area (Å²) in [5.41, 5.74) is -0.373. The highest BCUT2D eigenvalue weighted by Gasteiger charge is 2.22. The summed E-state index contributed by atoms with van der Waals surface area (Å²) in [5, 5.41) is 14.6. The summed E-state index contributed by atoms with van der Waals surface area (Å²) in [6.45, 7) is 0.221. The summed E-state index contributed by atoms with van der Waals surface area (Å²) < 4.78 is 13.4. The van der Waals surface area contributed by atoms with Crippen LogP contribution in [0.3, 0.4) is 0 Å². The minimum absolute atomic E-state index is 0.0528. The maximum Gasteiger partial charge on any atom is 0.258 e. The molecule has 96 valence electrons. The van der Waals surface area contributed by atoms with E-state index in [-0.39, 0.29) is 24.1 Å². The van der Waals surface area contributed by atoms with Gasteiger partial charge in [-0.05, 0) is 18.6 Å². The van der Waals surface area contributed by atoms with Crippen LogP contribution in [0.1, 0.15) is 23.2 Å². The SMILES string of the molecule is O=C1CCC(CNC(=O)c2c(O)cccc2F)N1. The van der Waals surface area contributed by atoms with Gasteiger partial charge in [0.1, 0.15) is 17.1 Å². The zero-order valence-corrected chi connectivity index (χ0v) is 9.57. The summed E-state index contributed by atoms with van der Waals surface area (Å²) in [6, 6.07) is 3.54. The number of nitrogens with one attached hydrogen (secondary N) is 2. The molecule has 2 rings (SSSR count). The van der Waals surface area contributed by atoms with Gasteiger partial charge in [0, 0.05) is 19.0 Å². The number of hydrogen-bond acceptors (Lipinski definition) is 3. The molecule has 0 spiro atoms. The van der Waals surface area contributed by atoms with Crippen molar-refractivity contribution in [2.24, 2.45) is 0 Å². The van der Waals surface area contributed by atoms with Crippen molar-refractivity contribution in [2.45, 2.75) is 18.9 Å². The Kier molecular flexibility index (Phi) is 3.45. The molecule has 1 unspecified atom stereocenters. The lowest BCUT2D eigenvalue weighted by atomic mass is 10.1. The van der Waals surface area contributed by atoms with Crippen molar-refractivity contribution < 1.29 is 19.1 Å². The van der Waals surface area contributed by atoms with E-state index in [9.17, 15) is 19.1 Å². The number of hydrogen-bond donors (Lipinski definition) is 3. The molecule has 0 radical (unpaired) electrons. The fourth-order valence-electron chi connectivity index (χ4n) is 1.87. The van der Waals surface area contributed by atoms with Crippen molar-refractivity contribution in [2.75, 3.05) is 6.54 Å². The second kappa shape index (κ2) is 5.03. The van der Waals surface area contributed by atoms with Gasteiger partial charge in [0.15, 0.2) is 0 Å². The van der Waals surface area contributed by atoms with E-state index in [2.05, 4.69) is 10.6 Å². The van der Waals surface area contributed by atoms with E-state index in [0.717, 1.165) is 6.07 Å². The van der Waals surface area contributed by atoms with Crippen LogP contribution < -0.4 is 10.6 Å². The van der Waals surface area contributed by atoms with Crippen LogP contribution in [0.2, 0.25) is 0 Å². The molecule has 3 N–H and O–H groups in total. The Hall–Kier alpha value is -2.11. The average molecular weight is 252 g/mol. The van der Waals surface area contributed by atoms with Crippen molar-refractivity contribution in [3.05, 3.63) is 29.6 Å². The van der Waals surface area contributed by atoms with Crippen molar-refractivity contribution in [3.63, 3.8) is 0 Å². The molecule has 5 nitrogen and oxygen atoms in total. The second-order valence-electron chi connectivity index (χ2n) is 4.15. The lowest BCUT2D eigenvalue weighted by Gasteiger charge is -2.12. The van der Waals surface area contributed by atoms with Crippen molar-refractivity contribution in [3.8, 4) is 5.75 Å². The predicted molar refractivity (Wildman–Crippen MR) is 61.6 cm³/mol. The molecule has 0 aliphatic carbocycles. The molecule has 1 aliphatic rings. The normalized spacial score (nSPS) is 18.5. The van der Waals surface area contributed by atoms with E-state index in [1.54, 1.807) is 0 Å². The first-order valence-electron chi connectivity index (χ1n) is 5.63. The molecule has 1 saturated heterocycles. The van der Waals surface area contributed by atoms with Crippen LogP contribution in [-0.4, -0.2) is 29.5 Å². The monoisotopic (exact) mass is 252 g/mol. The number of amides is 2. The van der Waals surface area contributed by atoms with Crippen molar-refractivity contribution >= 4 is 11.8 Å². The van der Waals surface area contributed by atoms with E-state index in [4.69, 9.17) is 0 Å². The number of carbonyl (C=O) groups is 2. The summed E-state index contributed by atoms with van der Waals surface area (Å²) in [5.74, 6) is -1.92. The lowest BCUT2D eigenvalue weighted by molar-refractivity contribution is -0.119. The first-order chi connectivity index (χ1) is 8.58. The molecule has 1 atom stereocenters. The molecule has 1 aliphatic heterocycles. The van der Waals surface area contributed by atoms with Crippen LogP contribution in [0, 0.1) is 5.82 Å². The molecule has 0 saturated carbocycles. The number of benzene rings is 1. The van der Waals surface area contributed by atoms with Gasteiger partial charge in [0.25, 0.3) is 5.91 Å². The number of aromatic hydroxyl groups is 1. The first kappa shape index (κ1) is 12.3. The van der Waals surface area contributed by atoms with Gasteiger partial charge in [-0.25, -0.2) is 4.39 Å². The van der Waals surface area contributed by atoms with Crippen LogP contribution in [0.15, 0.2) is 18.2 Å². The van der Waals surface area contributed by atoms with Gasteiger partial charge in [0.2, 0.25) is 5.91 Å². The molecule has 1 aromatic carbocycles. The lowest BCUT2D eigenvalue weighted by Crippen LogP contribution is -2.38. The van der Waals surface area contributed by atoms with Crippen LogP contribution in [-0.2, 0) is 4.79 Å². The van der Waals surface area contributed by atoms with Gasteiger partial charge in [-0.1, -0.05) is 6.07 Å². The highest BCUT2D eigenvalue weighted by Crippen LogP contribution is 2.19. The van der Waals surface area contributed by atoms with Crippen LogP contribution >= 0.6 is 0 Å². The van der Waals surface area contributed by atoms with Gasteiger partial charge in [0.05, 0.1) is 0 Å². The second-order valence-corrected chi connectivity index (χ2v) is 4.15. The minimum atomic E-state index is -0.775. The van der Waals surface area contributed by atoms with Crippen molar-refractivity contribution in [1.29, 1.82) is 0 Å². The number of rotatable bonds is 3. The van der Waals surface area contributed by atoms with E-state index in [0.29, 0.717) is 12.8 Å². The van der Waals surface area contributed by atoms with Crippen molar-refractivity contribution in [1.82, 2.24) is 10.6 Å². The van der Waals surface area contributed by atoms with Gasteiger partial charge in [-0.3, -0.25) is 9.59 Å². The van der Waals surface area contributed by atoms with Gasteiger partial charge >= 0.3 is 0 Å². The van der Waals surface area contributed by atoms with Crippen LogP contribution in [0.5, 0.6) is 5.75 Å². The third kappa shape index (κ3) is 2.58. The summed E-state index contributed by atoms with van der Waals surface area (Å²) >= 11 is 0. The summed E-state index contributed by atoms with van der Waals surface area (Å²) in [7, 11) is 0. The highest BCUT2D eigenvalue weighted by atomic mass is 19.1. The number of halogens is 1. The largest absolute Gasteiger partial charge is 0.507 e. The standard InChI is InChI=1S/C12H13FN2O3/c13-8-2-1-3-9(16)11(8)12(18)14-6-7-4-5-10(17)15-7/h1-3,7,16H,4-6H2,(H,14,18)(H,15,17). The Morgan fingerprint density at radius 2 is 2.33 bits per heavy atom. The molecule has 1 aromatic rings. The maximum atomic E-state index is 13.4. The summed E-state index contributed by atoms with van der Waals surface area (Å²) in [4.78, 5) is 22.7. The summed E-state index contributed by atoms with van der Waals surface area (Å²) in [6.07, 6.45) is 1.08. The Balaban J connectivity index is 1.98. The van der Waals surface area contributed by atoms with E-state index in [1.807, 2.05) is 0 Å². The maximum absolute atomic E-state index is 13.4. The molecule has 0 aromatic heterocycles. The third-order valence-corrected chi connectivity index (χ3v) is 2.81. The highest BCUT2D eigenvalue weighted by molar-refractivity contribution is 5.97. The molecular weight excluding hydrogens is 239 g/mol. The smallest absolute Gasteiger partial charge is 0.258 e. The Morgan fingerprint density at radius 1 is 1.56 bits per heavy atom. The molecule has 0 bridgehead atoms. The quantitative estimate of drug-likeness (QED) is 0.734. The zero-order chi connectivity index (χ0) is 13.1. The first-order valence-corrected chi connectivity index (χ1v) is 5.63. The minimum Gasteiger partial charge on any atom is -0.507 e. The van der Waals surface area contributed by atoms with E-state index in [1.165, 1.54) is 12.1 Å². The van der Waals surface area contributed by atoms with Crippen LogP contribution in [0.25, 0.3) is 0 Å². The fraction of sp³-hybridized carbons (Fsp3) is 0.333. The number of carbonyl (C=O) groups excluding carboxylic acids is 2. The molecular formula is C12H13FN2O3. The Bertz CT molecular complexity index is 470. The number of phenolic OH excluding ortho intramolecular Hbond substituents is 1. The predicted octanol–water partition coefficient (Wildman–Crippen LogP) is 0.540. The topological polar surface area (TPSA) is 78.4 Å².